The van der Waals surface area contributed by atoms with Crippen molar-refractivity contribution in [1.82, 2.24) is 29.9 Å². The van der Waals surface area contributed by atoms with Crippen LogP contribution in [0.25, 0.3) is 22.0 Å². The van der Waals surface area contributed by atoms with Gasteiger partial charge in [0.2, 0.25) is 0 Å². The van der Waals surface area contributed by atoms with Crippen molar-refractivity contribution in [3.63, 3.8) is 0 Å². The lowest BCUT2D eigenvalue weighted by Crippen LogP contribution is -2.32. The second-order valence-electron chi connectivity index (χ2n) is 7.50. The average molecular weight is 460 g/mol. The van der Waals surface area contributed by atoms with Crippen molar-refractivity contribution in [2.24, 2.45) is 0 Å². The molecule has 0 saturated carbocycles. The quantitative estimate of drug-likeness (QED) is 0.426. The van der Waals surface area contributed by atoms with Crippen molar-refractivity contribution >= 4 is 39.6 Å². The lowest BCUT2D eigenvalue weighted by Gasteiger charge is -2.21. The molecule has 0 aliphatic heterocycles. The molecule has 1 amide bonds. The molecule has 0 spiro atoms. The number of pyridine rings is 1. The fourth-order valence-electron chi connectivity index (χ4n) is 3.92. The Hall–Kier alpha value is -4.24. The molecule has 0 aliphatic rings. The second-order valence-corrected chi connectivity index (χ2v) is 7.91. The third-order valence-electron chi connectivity index (χ3n) is 5.42. The van der Waals surface area contributed by atoms with Gasteiger partial charge in [-0.05, 0) is 47.9 Å². The number of nitrogens with zero attached hydrogens (tertiary/aromatic N) is 5. The molecule has 2 aromatic carbocycles. The number of anilines is 1. The van der Waals surface area contributed by atoms with E-state index in [2.05, 4.69) is 20.7 Å². The molecular formula is C23H18ClN7O2. The highest BCUT2D eigenvalue weighted by atomic mass is 35.5. The zero-order chi connectivity index (χ0) is 23.1. The fraction of sp³-hybridized carbons (Fsp3) is 0.0870. The van der Waals surface area contributed by atoms with Crippen LogP contribution >= 0.6 is 11.6 Å². The van der Waals surface area contributed by atoms with Crippen LogP contribution in [0.5, 0.6) is 0 Å². The van der Waals surface area contributed by atoms with Gasteiger partial charge in [-0.15, -0.1) is 14.8 Å². The Labute approximate surface area is 192 Å². The van der Waals surface area contributed by atoms with E-state index in [0.717, 1.165) is 0 Å². The van der Waals surface area contributed by atoms with E-state index < -0.39 is 11.9 Å². The summed E-state index contributed by atoms with van der Waals surface area (Å²) in [6.45, 7) is 1.80. The predicted molar refractivity (Wildman–Crippen MR) is 126 cm³/mol. The lowest BCUT2D eigenvalue weighted by molar-refractivity contribution is 0.0941. The smallest absolute Gasteiger partial charge is 0.264 e. The molecular weight excluding hydrogens is 442 g/mol. The normalized spacial score (nSPS) is 12.2. The van der Waals surface area contributed by atoms with Crippen LogP contribution in [0.3, 0.4) is 0 Å². The van der Waals surface area contributed by atoms with E-state index in [1.54, 1.807) is 29.7 Å². The first kappa shape index (κ1) is 20.7. The number of nitrogens with one attached hydrogen (secondary N) is 1. The molecule has 1 atom stereocenters. The van der Waals surface area contributed by atoms with E-state index >= 15 is 0 Å². The second kappa shape index (κ2) is 8.03. The Morgan fingerprint density at radius 3 is 2.70 bits per heavy atom. The van der Waals surface area contributed by atoms with Crippen LogP contribution in [0.2, 0.25) is 5.02 Å². The number of carbonyl (C=O) groups excluding carboxylic acids is 1. The zero-order valence-corrected chi connectivity index (χ0v) is 18.2. The number of carbonyl (C=O) groups is 1. The van der Waals surface area contributed by atoms with Crippen LogP contribution in [0, 0.1) is 0 Å². The summed E-state index contributed by atoms with van der Waals surface area (Å²) < 4.78 is 2.76. The van der Waals surface area contributed by atoms with Crippen LogP contribution < -0.4 is 16.6 Å². The number of nitrogens with two attached hydrogens (primary N) is 1. The molecule has 0 bridgehead atoms. The van der Waals surface area contributed by atoms with Gasteiger partial charge in [-0.2, -0.15) is 0 Å². The Morgan fingerprint density at radius 1 is 1.12 bits per heavy atom. The van der Waals surface area contributed by atoms with Gasteiger partial charge in [0.15, 0.2) is 5.82 Å². The number of fused-ring (bicyclic) bond motifs is 2. The zero-order valence-electron chi connectivity index (χ0n) is 17.4. The first-order chi connectivity index (χ1) is 16.0. The molecule has 3 aromatic heterocycles. The summed E-state index contributed by atoms with van der Waals surface area (Å²) in [6, 6.07) is 17.4. The van der Waals surface area contributed by atoms with Gasteiger partial charge in [0, 0.05) is 11.4 Å². The van der Waals surface area contributed by atoms with Crippen LogP contribution in [0.4, 0.5) is 5.82 Å². The molecule has 0 unspecified atom stereocenters. The number of aromatic nitrogens is 5. The van der Waals surface area contributed by atoms with Crippen molar-refractivity contribution < 1.29 is 4.79 Å². The SMILES string of the molecule is C[C@H](NC(=O)c1c(N)nn2nnccc12)c1cc2cccc(Cl)c2c(=O)n1-c1ccccc1. The highest BCUT2D eigenvalue weighted by Crippen LogP contribution is 2.26. The maximum Gasteiger partial charge on any atom is 0.264 e. The Bertz CT molecular complexity index is 1580. The highest BCUT2D eigenvalue weighted by Gasteiger charge is 2.23. The van der Waals surface area contributed by atoms with Crippen LogP contribution in [0.1, 0.15) is 29.0 Å². The van der Waals surface area contributed by atoms with E-state index in [0.29, 0.717) is 32.7 Å². The van der Waals surface area contributed by atoms with Crippen LogP contribution in [-0.4, -0.2) is 30.5 Å². The summed E-state index contributed by atoms with van der Waals surface area (Å²) in [5, 5.41) is 16.0. The van der Waals surface area contributed by atoms with Crippen molar-refractivity contribution in [3.8, 4) is 5.69 Å². The molecule has 0 fully saturated rings. The van der Waals surface area contributed by atoms with Gasteiger partial charge in [-0.25, -0.2) is 0 Å². The van der Waals surface area contributed by atoms with Gasteiger partial charge in [-0.1, -0.05) is 41.9 Å². The molecule has 0 saturated heterocycles. The van der Waals surface area contributed by atoms with Gasteiger partial charge >= 0.3 is 0 Å². The number of amides is 1. The van der Waals surface area contributed by atoms with Gasteiger partial charge < -0.3 is 11.1 Å². The fourth-order valence-corrected chi connectivity index (χ4v) is 4.18. The monoisotopic (exact) mass is 459 g/mol. The summed E-state index contributed by atoms with van der Waals surface area (Å²) in [4.78, 5) is 26.7. The first-order valence-electron chi connectivity index (χ1n) is 10.1. The number of para-hydroxylation sites is 1. The minimum atomic E-state index is -0.557. The Morgan fingerprint density at radius 2 is 1.91 bits per heavy atom. The van der Waals surface area contributed by atoms with Crippen LogP contribution in [0.15, 0.2) is 71.7 Å². The molecule has 5 rings (SSSR count). The van der Waals surface area contributed by atoms with Crippen molar-refractivity contribution in [2.45, 2.75) is 13.0 Å². The molecule has 33 heavy (non-hydrogen) atoms. The van der Waals surface area contributed by atoms with Crippen molar-refractivity contribution in [3.05, 3.63) is 93.5 Å². The van der Waals surface area contributed by atoms with Gasteiger partial charge in [-0.3, -0.25) is 14.2 Å². The van der Waals surface area contributed by atoms with Crippen molar-refractivity contribution in [1.29, 1.82) is 0 Å². The molecule has 0 aliphatic carbocycles. The number of nitrogen functional groups attached to an aromatic ring is 1. The third kappa shape index (κ3) is 3.48. The largest absolute Gasteiger partial charge is 0.381 e. The van der Waals surface area contributed by atoms with Crippen LogP contribution in [-0.2, 0) is 0 Å². The Kier molecular flexibility index (Phi) is 5.02. The van der Waals surface area contributed by atoms with Gasteiger partial charge in [0.1, 0.15) is 11.1 Å². The molecule has 10 heteroatoms. The van der Waals surface area contributed by atoms with Gasteiger partial charge in [0.25, 0.3) is 11.5 Å². The van der Waals surface area contributed by atoms with E-state index in [9.17, 15) is 9.59 Å². The molecule has 3 heterocycles. The number of halogens is 1. The Balaban J connectivity index is 1.64. The molecule has 164 valence electrons. The molecule has 5 aromatic rings. The standard InChI is InChI=1S/C23H18ClN7O2/c1-13(27-22(32)20-17-10-11-26-29-31(17)28-21(20)25)18-12-14-6-5-9-16(24)19(14)23(33)30(18)15-7-3-2-4-8-15/h2-13H,1H3,(H2,25,28)(H,27,32)/t13-/m0/s1. The van der Waals surface area contributed by atoms with E-state index in [1.807, 2.05) is 42.5 Å². The third-order valence-corrected chi connectivity index (χ3v) is 5.74. The lowest BCUT2D eigenvalue weighted by atomic mass is 10.1. The van der Waals surface area contributed by atoms with Gasteiger partial charge in [0.05, 0.1) is 22.6 Å². The summed E-state index contributed by atoms with van der Waals surface area (Å²) >= 11 is 6.36. The molecule has 3 N–H and O–H groups in total. The van der Waals surface area contributed by atoms with E-state index in [-0.39, 0.29) is 16.9 Å². The number of benzene rings is 2. The molecule has 9 nitrogen and oxygen atoms in total. The molecule has 0 radical (unpaired) electrons. The topological polar surface area (TPSA) is 120 Å². The first-order valence-corrected chi connectivity index (χ1v) is 10.5. The van der Waals surface area contributed by atoms with E-state index in [1.165, 1.54) is 10.8 Å². The van der Waals surface area contributed by atoms with E-state index in [4.69, 9.17) is 17.3 Å². The number of rotatable bonds is 4. The summed E-state index contributed by atoms with van der Waals surface area (Å²) in [7, 11) is 0. The minimum Gasteiger partial charge on any atom is -0.381 e. The summed E-state index contributed by atoms with van der Waals surface area (Å²) in [6.07, 6.45) is 1.46. The maximum atomic E-state index is 13.5. The number of hydrogen-bond donors (Lipinski definition) is 2. The predicted octanol–water partition coefficient (Wildman–Crippen LogP) is 3.16. The van der Waals surface area contributed by atoms with Crippen molar-refractivity contribution in [2.75, 3.05) is 5.73 Å². The maximum absolute atomic E-state index is 13.5. The highest BCUT2D eigenvalue weighted by molar-refractivity contribution is 6.35. The number of hydrogen-bond acceptors (Lipinski definition) is 6. The summed E-state index contributed by atoms with van der Waals surface area (Å²) in [5.74, 6) is -0.410. The minimum absolute atomic E-state index is 0.0333. The average Bonchev–Trinajstić information content (AvgIpc) is 3.15. The summed E-state index contributed by atoms with van der Waals surface area (Å²) in [5.41, 5.74) is 7.57.